The topological polar surface area (TPSA) is 42.9 Å². The van der Waals surface area contributed by atoms with E-state index >= 15 is 0 Å². The van der Waals surface area contributed by atoms with E-state index in [-0.39, 0.29) is 5.78 Å². The molecule has 0 fully saturated rings. The van der Waals surface area contributed by atoms with Gasteiger partial charge in [-0.2, -0.15) is 0 Å². The van der Waals surface area contributed by atoms with Crippen molar-refractivity contribution >= 4 is 5.78 Å². The highest BCUT2D eigenvalue weighted by Gasteiger charge is 2.20. The van der Waals surface area contributed by atoms with Gasteiger partial charge in [-0.25, -0.2) is 9.97 Å². The lowest BCUT2D eigenvalue weighted by Gasteiger charge is -1.95. The average Bonchev–Trinajstić information content (AvgIpc) is 2.33. The third-order valence-corrected chi connectivity index (χ3v) is 1.87. The molecule has 0 bridgehead atoms. The summed E-state index contributed by atoms with van der Waals surface area (Å²) in [5, 5.41) is 0. The number of fused-ring (bicyclic) bond motifs is 1. The van der Waals surface area contributed by atoms with E-state index in [4.69, 9.17) is 0 Å². The molecule has 0 radical (unpaired) electrons. The van der Waals surface area contributed by atoms with E-state index in [1.54, 1.807) is 13.1 Å². The van der Waals surface area contributed by atoms with Crippen LogP contribution in [0.5, 0.6) is 0 Å². The standard InChI is InChI=1S/C8H8N2O/c1-5-9-4-6-2-3-7(11)8(6)10-5/h4H,2-3H2,1H3. The monoisotopic (exact) mass is 148 g/mol. The van der Waals surface area contributed by atoms with Crippen molar-refractivity contribution in [1.29, 1.82) is 0 Å². The Morgan fingerprint density at radius 3 is 3.09 bits per heavy atom. The Labute approximate surface area is 64.5 Å². The fraction of sp³-hybridized carbons (Fsp3) is 0.375. The third kappa shape index (κ3) is 0.926. The Bertz CT molecular complexity index is 320. The van der Waals surface area contributed by atoms with Crippen LogP contribution in [-0.4, -0.2) is 15.8 Å². The molecule has 0 saturated carbocycles. The van der Waals surface area contributed by atoms with Gasteiger partial charge in [-0.1, -0.05) is 0 Å². The number of aryl methyl sites for hydroxylation is 2. The third-order valence-electron chi connectivity index (χ3n) is 1.87. The molecule has 0 saturated heterocycles. The second-order valence-electron chi connectivity index (χ2n) is 2.71. The molecule has 0 spiro atoms. The van der Waals surface area contributed by atoms with Crippen molar-refractivity contribution in [2.75, 3.05) is 0 Å². The second-order valence-corrected chi connectivity index (χ2v) is 2.71. The van der Waals surface area contributed by atoms with Crippen LogP contribution >= 0.6 is 0 Å². The van der Waals surface area contributed by atoms with Gasteiger partial charge in [0.05, 0.1) is 0 Å². The van der Waals surface area contributed by atoms with Gasteiger partial charge < -0.3 is 0 Å². The highest BCUT2D eigenvalue weighted by molar-refractivity contribution is 5.98. The van der Waals surface area contributed by atoms with Gasteiger partial charge in [0, 0.05) is 18.2 Å². The van der Waals surface area contributed by atoms with Gasteiger partial charge >= 0.3 is 0 Å². The van der Waals surface area contributed by atoms with Crippen LogP contribution in [0.2, 0.25) is 0 Å². The van der Waals surface area contributed by atoms with Crippen LogP contribution in [0.4, 0.5) is 0 Å². The molecule has 0 atom stereocenters. The number of rotatable bonds is 0. The zero-order valence-corrected chi connectivity index (χ0v) is 6.29. The van der Waals surface area contributed by atoms with Crippen LogP contribution in [0.25, 0.3) is 0 Å². The van der Waals surface area contributed by atoms with Crippen LogP contribution in [0, 0.1) is 6.92 Å². The minimum absolute atomic E-state index is 0.158. The Morgan fingerprint density at radius 2 is 2.27 bits per heavy atom. The van der Waals surface area contributed by atoms with Crippen molar-refractivity contribution in [3.05, 3.63) is 23.3 Å². The average molecular weight is 148 g/mol. The Hall–Kier alpha value is -1.25. The Kier molecular flexibility index (Phi) is 1.24. The van der Waals surface area contributed by atoms with Gasteiger partial charge in [-0.15, -0.1) is 0 Å². The second kappa shape index (κ2) is 2.12. The molecule has 2 rings (SSSR count). The Balaban J connectivity index is 2.60. The first-order valence-corrected chi connectivity index (χ1v) is 3.63. The molecule has 3 heteroatoms. The van der Waals surface area contributed by atoms with Gasteiger partial charge in [-0.3, -0.25) is 4.79 Å². The number of carbonyl (C=O) groups is 1. The highest BCUT2D eigenvalue weighted by atomic mass is 16.1. The summed E-state index contributed by atoms with van der Waals surface area (Å²) < 4.78 is 0. The maximum Gasteiger partial charge on any atom is 0.181 e. The number of hydrogen-bond acceptors (Lipinski definition) is 3. The molecule has 1 aliphatic carbocycles. The predicted molar refractivity (Wildman–Crippen MR) is 39.4 cm³/mol. The summed E-state index contributed by atoms with van der Waals surface area (Å²) in [4.78, 5) is 19.2. The molecule has 1 aromatic heterocycles. The van der Waals surface area contributed by atoms with E-state index in [0.29, 0.717) is 17.9 Å². The minimum atomic E-state index is 0.158. The summed E-state index contributed by atoms with van der Waals surface area (Å²) in [5.74, 6) is 0.838. The van der Waals surface area contributed by atoms with Crippen LogP contribution in [0.3, 0.4) is 0 Å². The lowest BCUT2D eigenvalue weighted by molar-refractivity contribution is 0.0990. The number of Topliss-reactive ketones (excluding diaryl/α,β-unsaturated/α-hetero) is 1. The molecule has 0 aromatic carbocycles. The van der Waals surface area contributed by atoms with Crippen LogP contribution in [0.1, 0.15) is 28.3 Å². The minimum Gasteiger partial charge on any atom is -0.292 e. The molecule has 1 aliphatic rings. The summed E-state index contributed by atoms with van der Waals surface area (Å²) in [6, 6.07) is 0. The maximum atomic E-state index is 11.1. The van der Waals surface area contributed by atoms with Crippen LogP contribution in [-0.2, 0) is 6.42 Å². The normalized spacial score (nSPS) is 15.2. The van der Waals surface area contributed by atoms with E-state index in [0.717, 1.165) is 12.0 Å². The van der Waals surface area contributed by atoms with E-state index in [9.17, 15) is 4.79 Å². The summed E-state index contributed by atoms with van der Waals surface area (Å²) in [7, 11) is 0. The molecular weight excluding hydrogens is 140 g/mol. The molecule has 56 valence electrons. The molecule has 1 aromatic rings. The van der Waals surface area contributed by atoms with Gasteiger partial charge in [0.1, 0.15) is 11.5 Å². The molecule has 0 amide bonds. The molecule has 3 nitrogen and oxygen atoms in total. The van der Waals surface area contributed by atoms with Gasteiger partial charge in [0.2, 0.25) is 0 Å². The number of carbonyl (C=O) groups excluding carboxylic acids is 1. The molecule has 1 heterocycles. The smallest absolute Gasteiger partial charge is 0.181 e. The number of hydrogen-bond donors (Lipinski definition) is 0. The quantitative estimate of drug-likeness (QED) is 0.549. The summed E-state index contributed by atoms with van der Waals surface area (Å²) in [6.45, 7) is 1.80. The number of nitrogens with zero attached hydrogens (tertiary/aromatic N) is 2. The summed E-state index contributed by atoms with van der Waals surface area (Å²) in [6.07, 6.45) is 3.17. The van der Waals surface area contributed by atoms with E-state index in [2.05, 4.69) is 9.97 Å². The van der Waals surface area contributed by atoms with Crippen molar-refractivity contribution < 1.29 is 4.79 Å². The molecule has 0 aliphatic heterocycles. The first-order chi connectivity index (χ1) is 5.27. The van der Waals surface area contributed by atoms with E-state index < -0.39 is 0 Å². The SMILES string of the molecule is Cc1ncc2c(n1)C(=O)CC2. The molecule has 11 heavy (non-hydrogen) atoms. The fourth-order valence-corrected chi connectivity index (χ4v) is 1.29. The fourth-order valence-electron chi connectivity index (χ4n) is 1.29. The number of ketones is 1. The summed E-state index contributed by atoms with van der Waals surface area (Å²) >= 11 is 0. The van der Waals surface area contributed by atoms with Crippen molar-refractivity contribution in [1.82, 2.24) is 9.97 Å². The Morgan fingerprint density at radius 1 is 1.45 bits per heavy atom. The predicted octanol–water partition coefficient (Wildman–Crippen LogP) is 0.914. The highest BCUT2D eigenvalue weighted by Crippen LogP contribution is 2.18. The lowest BCUT2D eigenvalue weighted by Crippen LogP contribution is -1.98. The van der Waals surface area contributed by atoms with Crippen LogP contribution < -0.4 is 0 Å². The first-order valence-electron chi connectivity index (χ1n) is 3.63. The first kappa shape index (κ1) is 6.46. The van der Waals surface area contributed by atoms with Gasteiger partial charge in [0.25, 0.3) is 0 Å². The zero-order valence-electron chi connectivity index (χ0n) is 6.29. The van der Waals surface area contributed by atoms with Gasteiger partial charge in [-0.05, 0) is 13.3 Å². The van der Waals surface area contributed by atoms with Crippen molar-refractivity contribution in [3.63, 3.8) is 0 Å². The zero-order chi connectivity index (χ0) is 7.84. The number of aromatic nitrogens is 2. The molecule has 0 N–H and O–H groups in total. The molecular formula is C8H8N2O. The van der Waals surface area contributed by atoms with E-state index in [1.807, 2.05) is 0 Å². The van der Waals surface area contributed by atoms with Crippen molar-refractivity contribution in [2.24, 2.45) is 0 Å². The van der Waals surface area contributed by atoms with Crippen LogP contribution in [0.15, 0.2) is 6.20 Å². The van der Waals surface area contributed by atoms with Gasteiger partial charge in [0.15, 0.2) is 5.78 Å². The van der Waals surface area contributed by atoms with E-state index in [1.165, 1.54) is 0 Å². The lowest BCUT2D eigenvalue weighted by atomic mass is 10.3. The summed E-state index contributed by atoms with van der Waals surface area (Å²) in [5.41, 5.74) is 1.64. The maximum absolute atomic E-state index is 11.1. The van der Waals surface area contributed by atoms with Crippen molar-refractivity contribution in [3.8, 4) is 0 Å². The van der Waals surface area contributed by atoms with Crippen molar-refractivity contribution in [2.45, 2.75) is 19.8 Å². The largest absolute Gasteiger partial charge is 0.292 e. The molecule has 0 unspecified atom stereocenters.